The Bertz CT molecular complexity index is 219. The molecule has 1 unspecified atom stereocenters. The van der Waals surface area contributed by atoms with Crippen molar-refractivity contribution in [1.82, 2.24) is 0 Å². The maximum atomic E-state index is 11.2. The van der Waals surface area contributed by atoms with Crippen LogP contribution in [-0.2, 0) is 22.5 Å². The molecule has 0 fully saturated rings. The summed E-state index contributed by atoms with van der Waals surface area (Å²) in [5, 5.41) is 17.6. The van der Waals surface area contributed by atoms with Crippen molar-refractivity contribution in [3.63, 3.8) is 0 Å². The fourth-order valence-corrected chi connectivity index (χ4v) is 2.44. The Morgan fingerprint density at radius 2 is 1.88 bits per heavy atom. The summed E-state index contributed by atoms with van der Waals surface area (Å²) in [7, 11) is -0.580. The summed E-state index contributed by atoms with van der Waals surface area (Å²) in [6.07, 6.45) is -0.709. The topological polar surface area (TPSA) is 94.5 Å². The van der Waals surface area contributed by atoms with Crippen LogP contribution in [0.15, 0.2) is 0 Å². The van der Waals surface area contributed by atoms with Gasteiger partial charge in [-0.15, -0.1) is 0 Å². The first-order valence-corrected chi connectivity index (χ1v) is 6.88. The van der Waals surface area contributed by atoms with E-state index in [0.29, 0.717) is 6.61 Å². The Morgan fingerprint density at radius 1 is 1.29 bits per heavy atom. The largest absolute Gasteiger partial charge is 0.679 e. The molecule has 102 valence electrons. The molecule has 0 bridgehead atoms. The highest BCUT2D eigenvalue weighted by Gasteiger charge is 2.44. The number of hydrogen-bond donors (Lipinski definition) is 2. The van der Waals surface area contributed by atoms with Crippen molar-refractivity contribution in [2.45, 2.75) is 19.4 Å². The van der Waals surface area contributed by atoms with Gasteiger partial charge in [-0.05, 0) is 6.42 Å². The average Bonchev–Trinajstić information content (AvgIpc) is 2.38. The predicted molar refractivity (Wildman–Crippen MR) is 60.1 cm³/mol. The normalized spacial score (nSPS) is 13.7. The summed E-state index contributed by atoms with van der Waals surface area (Å²) in [5.41, 5.74) is 0. The van der Waals surface area contributed by atoms with Crippen molar-refractivity contribution in [3.05, 3.63) is 0 Å². The van der Waals surface area contributed by atoms with Crippen LogP contribution < -0.4 is 0 Å². The molecule has 0 heterocycles. The Morgan fingerprint density at radius 3 is 2.29 bits per heavy atom. The minimum Gasteiger partial charge on any atom is -0.393 e. The Hall–Kier alpha value is -0.353. The third kappa shape index (κ3) is 5.68. The number of carbonyl (C=O) groups excluding carboxylic acids is 1. The van der Waals surface area contributed by atoms with E-state index in [1.165, 1.54) is 14.2 Å². The Kier molecular flexibility index (Phi) is 8.52. The highest BCUT2D eigenvalue weighted by molar-refractivity contribution is 6.53. The molecule has 0 rings (SSSR count). The summed E-state index contributed by atoms with van der Waals surface area (Å²) in [5.74, 6) is -0.654. The van der Waals surface area contributed by atoms with Gasteiger partial charge >= 0.3 is 9.05 Å². The summed E-state index contributed by atoms with van der Waals surface area (Å²) in [6, 6.07) is 0. The average molecular weight is 268 g/mol. The van der Waals surface area contributed by atoms with Gasteiger partial charge in [0.25, 0.3) is 0 Å². The van der Waals surface area contributed by atoms with Crippen LogP contribution in [0.2, 0.25) is 0 Å². The van der Waals surface area contributed by atoms with Crippen LogP contribution in [0.5, 0.6) is 0 Å². The monoisotopic (exact) mass is 268 g/mol. The lowest BCUT2D eigenvalue weighted by molar-refractivity contribution is -0.134. The van der Waals surface area contributed by atoms with Crippen molar-refractivity contribution >= 4 is 14.8 Å². The maximum Gasteiger partial charge on any atom is 0.679 e. The molecule has 0 saturated heterocycles. The van der Waals surface area contributed by atoms with Gasteiger partial charge < -0.3 is 27.9 Å². The number of aliphatic hydroxyl groups excluding tert-OH is 2. The lowest BCUT2D eigenvalue weighted by atomic mass is 10.3. The van der Waals surface area contributed by atoms with E-state index in [1.807, 2.05) is 6.92 Å². The van der Waals surface area contributed by atoms with Gasteiger partial charge in [-0.25, -0.2) is 0 Å². The molecule has 8 heteroatoms. The molecule has 0 aromatic heterocycles. The van der Waals surface area contributed by atoms with Gasteiger partial charge in [0.15, 0.2) is 5.78 Å². The molecule has 0 aliphatic rings. The van der Waals surface area contributed by atoms with Crippen molar-refractivity contribution in [2.75, 3.05) is 34.0 Å². The number of carbonyl (C=O) groups is 1. The van der Waals surface area contributed by atoms with Gasteiger partial charge in [-0.3, -0.25) is 4.79 Å². The van der Waals surface area contributed by atoms with E-state index in [2.05, 4.69) is 0 Å². The van der Waals surface area contributed by atoms with Gasteiger partial charge in [-0.2, -0.15) is 0 Å². The van der Waals surface area contributed by atoms with Gasteiger partial charge in [0.2, 0.25) is 0 Å². The molecule has 0 radical (unpaired) electrons. The molecule has 0 spiro atoms. The minimum atomic E-state index is -3.30. The SMILES string of the molecule is CCCO[Si](OC)(OC)OCC(=O)C(O)CO. The molecule has 0 amide bonds. The summed E-state index contributed by atoms with van der Waals surface area (Å²) in [6.45, 7) is 1.21. The summed E-state index contributed by atoms with van der Waals surface area (Å²) >= 11 is 0. The number of Topliss-reactive ketones (excluding diaryl/α,β-unsaturated/α-hetero) is 1. The third-order valence-electron chi connectivity index (χ3n) is 1.92. The van der Waals surface area contributed by atoms with Crippen LogP contribution in [0, 0.1) is 0 Å². The summed E-state index contributed by atoms with van der Waals surface area (Å²) in [4.78, 5) is 11.2. The second kappa shape index (κ2) is 8.70. The van der Waals surface area contributed by atoms with Crippen molar-refractivity contribution in [1.29, 1.82) is 0 Å². The molecular weight excluding hydrogens is 248 g/mol. The molecule has 0 saturated carbocycles. The first-order chi connectivity index (χ1) is 8.05. The lowest BCUT2D eigenvalue weighted by Crippen LogP contribution is -2.49. The van der Waals surface area contributed by atoms with E-state index in [9.17, 15) is 4.79 Å². The molecular formula is C9H20O7Si. The second-order valence-corrected chi connectivity index (χ2v) is 5.60. The second-order valence-electron chi connectivity index (χ2n) is 3.21. The molecule has 0 aromatic rings. The third-order valence-corrected chi connectivity index (χ3v) is 3.97. The smallest absolute Gasteiger partial charge is 0.393 e. The zero-order chi connectivity index (χ0) is 13.3. The van der Waals surface area contributed by atoms with Gasteiger partial charge in [0, 0.05) is 20.8 Å². The lowest BCUT2D eigenvalue weighted by Gasteiger charge is -2.24. The van der Waals surface area contributed by atoms with Crippen molar-refractivity contribution in [2.24, 2.45) is 0 Å². The zero-order valence-electron chi connectivity index (χ0n) is 10.3. The van der Waals surface area contributed by atoms with Gasteiger partial charge in [0.1, 0.15) is 12.7 Å². The molecule has 0 aliphatic heterocycles. The van der Waals surface area contributed by atoms with Crippen LogP contribution in [0.25, 0.3) is 0 Å². The van der Waals surface area contributed by atoms with E-state index < -0.39 is 34.1 Å². The van der Waals surface area contributed by atoms with Crippen LogP contribution in [0.3, 0.4) is 0 Å². The molecule has 0 aromatic carbocycles. The fraction of sp³-hybridized carbons (Fsp3) is 0.889. The maximum absolute atomic E-state index is 11.2. The number of rotatable bonds is 10. The fourth-order valence-electron chi connectivity index (χ4n) is 0.945. The highest BCUT2D eigenvalue weighted by atomic mass is 28.4. The molecule has 1 atom stereocenters. The first-order valence-electron chi connectivity index (χ1n) is 5.25. The quantitative estimate of drug-likeness (QED) is 0.495. The Balaban J connectivity index is 4.29. The van der Waals surface area contributed by atoms with E-state index in [1.54, 1.807) is 0 Å². The van der Waals surface area contributed by atoms with Crippen LogP contribution in [0.1, 0.15) is 13.3 Å². The van der Waals surface area contributed by atoms with Gasteiger partial charge in [-0.1, -0.05) is 6.92 Å². The molecule has 17 heavy (non-hydrogen) atoms. The van der Waals surface area contributed by atoms with Crippen LogP contribution in [0.4, 0.5) is 0 Å². The van der Waals surface area contributed by atoms with E-state index >= 15 is 0 Å². The number of aliphatic hydroxyl groups is 2. The highest BCUT2D eigenvalue weighted by Crippen LogP contribution is 2.10. The van der Waals surface area contributed by atoms with E-state index in [0.717, 1.165) is 6.42 Å². The van der Waals surface area contributed by atoms with Gasteiger partial charge in [0.05, 0.1) is 6.61 Å². The number of hydrogen-bond acceptors (Lipinski definition) is 7. The van der Waals surface area contributed by atoms with Crippen LogP contribution >= 0.6 is 0 Å². The Labute approximate surface area is 102 Å². The summed E-state index contributed by atoms with van der Waals surface area (Å²) < 4.78 is 20.5. The van der Waals surface area contributed by atoms with Crippen LogP contribution in [-0.4, -0.2) is 65.2 Å². The number of ketones is 1. The van der Waals surface area contributed by atoms with Crippen molar-refractivity contribution < 1.29 is 32.7 Å². The van der Waals surface area contributed by atoms with E-state index in [-0.39, 0.29) is 0 Å². The minimum absolute atomic E-state index is 0.380. The first kappa shape index (κ1) is 16.6. The zero-order valence-corrected chi connectivity index (χ0v) is 11.3. The standard InChI is InChI=1S/C9H20O7Si/c1-4-5-15-17(13-2,14-3)16-7-9(12)8(11)6-10/h8,10-11H,4-7H2,1-3H3. The van der Waals surface area contributed by atoms with E-state index in [4.69, 9.17) is 27.9 Å². The van der Waals surface area contributed by atoms with Crippen molar-refractivity contribution in [3.8, 4) is 0 Å². The molecule has 0 aliphatic carbocycles. The molecule has 2 N–H and O–H groups in total. The molecule has 7 nitrogen and oxygen atoms in total. The predicted octanol–water partition coefficient (Wildman–Crippen LogP) is -0.920.